The summed E-state index contributed by atoms with van der Waals surface area (Å²) in [4.78, 5) is 4.81. The predicted octanol–water partition coefficient (Wildman–Crippen LogP) is 17.6. The van der Waals surface area contributed by atoms with Gasteiger partial charge in [0.05, 0.1) is 27.6 Å². The smallest absolute Gasteiger partial charge is 0.252 e. The summed E-state index contributed by atoms with van der Waals surface area (Å²) < 4.78 is 5.34. The van der Waals surface area contributed by atoms with E-state index in [1.165, 1.54) is 179 Å². The van der Waals surface area contributed by atoms with Crippen LogP contribution in [-0.4, -0.2) is 20.8 Å². The highest BCUT2D eigenvalue weighted by Crippen LogP contribution is 2.51. The van der Waals surface area contributed by atoms with Gasteiger partial charge in [-0.25, -0.2) is 0 Å². The second-order valence-corrected chi connectivity index (χ2v) is 22.3. The molecule has 18 aromatic rings. The summed E-state index contributed by atoms with van der Waals surface area (Å²) in [5.41, 5.74) is 14.9. The van der Waals surface area contributed by atoms with Gasteiger partial charge in [-0.2, -0.15) is 0 Å². The number of hydrogen-bond acceptors (Lipinski definition) is 1. The molecule has 0 atom stereocenters. The van der Waals surface area contributed by atoms with Crippen molar-refractivity contribution in [2.24, 2.45) is 0 Å². The van der Waals surface area contributed by atoms with Gasteiger partial charge in [0.15, 0.2) is 0 Å². The first-order valence-corrected chi connectivity index (χ1v) is 27.7. The SMILES string of the molecule is c1cc2c3c(c1)-n1c4ccc5c6ccccc6c6ccccc6c5c4c4c5c6ccccc6c6ccccc6c5cc(c41)B3c1cc3c4ccccc4c4ccccc4c3c3c4cc(-c5ccnc6ccccc56)ccc4n-2c13. The summed E-state index contributed by atoms with van der Waals surface area (Å²) in [5.74, 6) is 0. The number of rotatable bonds is 1. The lowest BCUT2D eigenvalue weighted by Crippen LogP contribution is -2.59. The van der Waals surface area contributed by atoms with E-state index in [4.69, 9.17) is 4.98 Å². The van der Waals surface area contributed by atoms with Crippen molar-refractivity contribution in [2.75, 3.05) is 0 Å². The molecule has 0 saturated carbocycles. The van der Waals surface area contributed by atoms with E-state index in [-0.39, 0.29) is 6.71 Å². The Morgan fingerprint density at radius 3 is 1.25 bits per heavy atom. The molecule has 0 saturated heterocycles. The fraction of sp³-hybridized carbons (Fsp3) is 0. The molecule has 358 valence electrons. The van der Waals surface area contributed by atoms with Crippen molar-refractivity contribution in [3.8, 4) is 22.5 Å². The van der Waals surface area contributed by atoms with Gasteiger partial charge < -0.3 is 9.13 Å². The van der Waals surface area contributed by atoms with Crippen LogP contribution in [0.25, 0.3) is 174 Å². The van der Waals surface area contributed by atoms with E-state index >= 15 is 0 Å². The Bertz CT molecular complexity index is 5900. The van der Waals surface area contributed by atoms with Gasteiger partial charge in [0.25, 0.3) is 6.71 Å². The second kappa shape index (κ2) is 14.4. The fourth-order valence-corrected chi connectivity index (χ4v) is 15.9. The molecule has 0 fully saturated rings. The molecule has 0 unspecified atom stereocenters. The Labute approximate surface area is 451 Å². The lowest BCUT2D eigenvalue weighted by molar-refractivity contribution is 1.14. The Kier molecular flexibility index (Phi) is 7.46. The zero-order valence-electron chi connectivity index (χ0n) is 42.5. The average Bonchev–Trinajstić information content (AvgIpc) is 4.01. The van der Waals surface area contributed by atoms with Crippen molar-refractivity contribution in [3.63, 3.8) is 0 Å². The van der Waals surface area contributed by atoms with E-state index in [1.807, 2.05) is 6.20 Å². The quantitative estimate of drug-likeness (QED) is 0.119. The van der Waals surface area contributed by atoms with Crippen molar-refractivity contribution >= 4 is 175 Å². The molecule has 5 heterocycles. The monoisotopic (exact) mass is 993 g/mol. The minimum Gasteiger partial charge on any atom is -0.310 e. The van der Waals surface area contributed by atoms with E-state index in [0.29, 0.717) is 0 Å². The summed E-state index contributed by atoms with van der Waals surface area (Å²) in [6, 6.07) is 90.1. The number of para-hydroxylation sites is 1. The first kappa shape index (κ1) is 41.0. The van der Waals surface area contributed by atoms with Crippen LogP contribution in [0.5, 0.6) is 0 Å². The van der Waals surface area contributed by atoms with Gasteiger partial charge in [-0.15, -0.1) is 0 Å². The number of nitrogens with zero attached hydrogens (tertiary/aromatic N) is 3. The summed E-state index contributed by atoms with van der Waals surface area (Å²) >= 11 is 0. The molecule has 0 bridgehead atoms. The molecule has 79 heavy (non-hydrogen) atoms. The van der Waals surface area contributed by atoms with Crippen LogP contribution in [0.3, 0.4) is 0 Å². The summed E-state index contributed by atoms with van der Waals surface area (Å²) in [7, 11) is 0. The maximum atomic E-state index is 4.81. The van der Waals surface area contributed by atoms with Gasteiger partial charge >= 0.3 is 0 Å². The highest BCUT2D eigenvalue weighted by Gasteiger charge is 2.42. The maximum Gasteiger partial charge on any atom is 0.252 e. The second-order valence-electron chi connectivity index (χ2n) is 22.3. The zero-order valence-corrected chi connectivity index (χ0v) is 42.5. The topological polar surface area (TPSA) is 22.8 Å². The lowest BCUT2D eigenvalue weighted by atomic mass is 9.34. The van der Waals surface area contributed by atoms with Crippen molar-refractivity contribution in [2.45, 2.75) is 0 Å². The third-order valence-corrected chi connectivity index (χ3v) is 18.8. The van der Waals surface area contributed by atoms with Crippen LogP contribution in [0.1, 0.15) is 0 Å². The Hall–Kier alpha value is -10.3. The molecular formula is C75H40BN3. The normalized spacial score (nSPS) is 13.0. The van der Waals surface area contributed by atoms with Crippen LogP contribution in [0.4, 0.5) is 0 Å². The summed E-state index contributed by atoms with van der Waals surface area (Å²) in [6.07, 6.45) is 1.97. The summed E-state index contributed by atoms with van der Waals surface area (Å²) in [6.45, 7) is -0.0958. The fourth-order valence-electron chi connectivity index (χ4n) is 15.9. The third kappa shape index (κ3) is 4.88. The number of pyridine rings is 1. The molecule has 2 aliphatic heterocycles. The first-order chi connectivity index (χ1) is 39.3. The van der Waals surface area contributed by atoms with Gasteiger partial charge in [-0.05, 0) is 151 Å². The highest BCUT2D eigenvalue weighted by atomic mass is 15.0. The molecule has 15 aromatic carbocycles. The van der Waals surface area contributed by atoms with Crippen LogP contribution >= 0.6 is 0 Å². The molecular weight excluding hydrogens is 954 g/mol. The van der Waals surface area contributed by atoms with Crippen LogP contribution in [0.2, 0.25) is 0 Å². The van der Waals surface area contributed by atoms with Crippen LogP contribution in [0, 0.1) is 0 Å². The highest BCUT2D eigenvalue weighted by molar-refractivity contribution is 7.01. The molecule has 0 spiro atoms. The maximum absolute atomic E-state index is 4.81. The molecule has 0 amide bonds. The van der Waals surface area contributed by atoms with Crippen LogP contribution in [-0.2, 0) is 0 Å². The number of fused-ring (bicyclic) bond motifs is 32. The molecule has 3 nitrogen and oxygen atoms in total. The first-order valence-electron chi connectivity index (χ1n) is 27.7. The van der Waals surface area contributed by atoms with E-state index in [2.05, 4.69) is 246 Å². The van der Waals surface area contributed by atoms with E-state index in [1.54, 1.807) is 0 Å². The van der Waals surface area contributed by atoms with Gasteiger partial charge in [-0.3, -0.25) is 4.98 Å². The molecule has 4 heteroatoms. The van der Waals surface area contributed by atoms with Crippen LogP contribution in [0.15, 0.2) is 243 Å². The van der Waals surface area contributed by atoms with Crippen molar-refractivity contribution in [1.82, 2.24) is 14.1 Å². The molecule has 0 radical (unpaired) electrons. The van der Waals surface area contributed by atoms with Crippen molar-refractivity contribution in [1.29, 1.82) is 0 Å². The van der Waals surface area contributed by atoms with Crippen molar-refractivity contribution in [3.05, 3.63) is 243 Å². The minimum absolute atomic E-state index is 0.0958. The van der Waals surface area contributed by atoms with Crippen LogP contribution < -0.4 is 16.4 Å². The van der Waals surface area contributed by atoms with Crippen molar-refractivity contribution < 1.29 is 0 Å². The zero-order chi connectivity index (χ0) is 50.9. The Morgan fingerprint density at radius 2 is 0.696 bits per heavy atom. The number of aromatic nitrogens is 3. The molecule has 0 N–H and O–H groups in total. The largest absolute Gasteiger partial charge is 0.310 e. The molecule has 3 aromatic heterocycles. The van der Waals surface area contributed by atoms with E-state index in [9.17, 15) is 0 Å². The van der Waals surface area contributed by atoms with Gasteiger partial charge in [0.1, 0.15) is 0 Å². The number of benzene rings is 15. The number of hydrogen-bond donors (Lipinski definition) is 0. The van der Waals surface area contributed by atoms with E-state index in [0.717, 1.165) is 10.9 Å². The lowest BCUT2D eigenvalue weighted by Gasteiger charge is -2.34. The molecule has 2 aliphatic rings. The minimum atomic E-state index is -0.0958. The molecule has 20 rings (SSSR count). The molecule has 0 aliphatic carbocycles. The average molecular weight is 994 g/mol. The predicted molar refractivity (Wildman–Crippen MR) is 338 cm³/mol. The van der Waals surface area contributed by atoms with Gasteiger partial charge in [0, 0.05) is 60.7 Å². The summed E-state index contributed by atoms with van der Waals surface area (Å²) in [5, 5.41) is 29.6. The Balaban J connectivity index is 1.04. The standard InChI is InChI=1S/C75H40BN3/c1-4-22-49-43(16-1)46-19-7-10-26-53(46)67-56(49)33-35-64-71(67)72-69-55-28-12-9-21-48(55)45-18-3-6-24-51(45)58(69)40-61-75(72)79(64)66-31-15-30-65-73(66)76(61)60-39-57-50-23-5-2-17-44(50)47-20-8-11-27-54(47)68(57)70-59-38-41(32-34-63(59)78(65)74(60)70)42-36-37-77-62-29-14-13-25-52(42)62/h1-40H. The Morgan fingerprint density at radius 1 is 0.278 bits per heavy atom. The van der Waals surface area contributed by atoms with Gasteiger partial charge in [0.2, 0.25) is 0 Å². The van der Waals surface area contributed by atoms with Gasteiger partial charge in [-0.1, -0.05) is 194 Å². The van der Waals surface area contributed by atoms with E-state index < -0.39 is 0 Å². The third-order valence-electron chi connectivity index (χ3n) is 18.8.